The van der Waals surface area contributed by atoms with Crippen LogP contribution in [0.15, 0.2) is 35.4 Å². The fraction of sp³-hybridized carbons (Fsp3) is 0.312. The molecule has 1 aromatic carbocycles. The molecule has 0 saturated carbocycles. The number of ketones is 1. The zero-order valence-electron chi connectivity index (χ0n) is 13.4. The van der Waals surface area contributed by atoms with Gasteiger partial charge in [0.15, 0.2) is 5.78 Å². The quantitative estimate of drug-likeness (QED) is 0.900. The minimum atomic E-state index is -0.464. The molecule has 2 heterocycles. The van der Waals surface area contributed by atoms with Crippen molar-refractivity contribution < 1.29 is 9.59 Å². The van der Waals surface area contributed by atoms with Crippen LogP contribution in [0.2, 0.25) is 0 Å². The number of carbonyl (C=O) groups excluding carboxylic acids is 2. The number of nitrogens with zero attached hydrogens (tertiary/aromatic N) is 4. The van der Waals surface area contributed by atoms with Gasteiger partial charge >= 0.3 is 0 Å². The molecule has 1 amide bonds. The molecular formula is C16H17N5O2S. The molecule has 24 heavy (non-hydrogen) atoms. The van der Waals surface area contributed by atoms with Crippen LogP contribution in [0.1, 0.15) is 25.3 Å². The van der Waals surface area contributed by atoms with Crippen molar-refractivity contribution in [3.63, 3.8) is 0 Å². The summed E-state index contributed by atoms with van der Waals surface area (Å²) in [6.45, 7) is 3.48. The number of hydrogen-bond donors (Lipinski definition) is 1. The van der Waals surface area contributed by atoms with Crippen molar-refractivity contribution in [1.82, 2.24) is 10.2 Å². The molecule has 0 bridgehead atoms. The summed E-state index contributed by atoms with van der Waals surface area (Å²) in [5.41, 5.74) is 1.09. The number of rotatable bonds is 5. The SMILES string of the molecule is CCc1nnc(NC(=O)C2=NN(c3ccccc3)C(C(C)=O)C2)s1. The summed E-state index contributed by atoms with van der Waals surface area (Å²) < 4.78 is 0. The first-order valence-electron chi connectivity index (χ1n) is 7.64. The van der Waals surface area contributed by atoms with Crippen LogP contribution < -0.4 is 10.3 Å². The van der Waals surface area contributed by atoms with E-state index >= 15 is 0 Å². The third-order valence-corrected chi connectivity index (χ3v) is 4.64. The van der Waals surface area contributed by atoms with Crippen LogP contribution in [0.5, 0.6) is 0 Å². The van der Waals surface area contributed by atoms with Crippen LogP contribution in [0.25, 0.3) is 0 Å². The molecular weight excluding hydrogens is 326 g/mol. The van der Waals surface area contributed by atoms with Gasteiger partial charge in [0.1, 0.15) is 16.8 Å². The van der Waals surface area contributed by atoms with Crippen LogP contribution in [-0.2, 0) is 16.0 Å². The lowest BCUT2D eigenvalue weighted by atomic mass is 10.1. The van der Waals surface area contributed by atoms with Crippen molar-refractivity contribution >= 4 is 39.6 Å². The van der Waals surface area contributed by atoms with E-state index in [1.807, 2.05) is 37.3 Å². The maximum Gasteiger partial charge on any atom is 0.273 e. The summed E-state index contributed by atoms with van der Waals surface area (Å²) in [5.74, 6) is -0.381. The molecule has 0 radical (unpaired) electrons. The van der Waals surface area contributed by atoms with E-state index in [1.54, 1.807) is 5.01 Å². The summed E-state index contributed by atoms with van der Waals surface area (Å²) in [6, 6.07) is 8.88. The van der Waals surface area contributed by atoms with Crippen LogP contribution in [0, 0.1) is 0 Å². The van der Waals surface area contributed by atoms with Crippen molar-refractivity contribution in [3.05, 3.63) is 35.3 Å². The van der Waals surface area contributed by atoms with Crippen molar-refractivity contribution in [1.29, 1.82) is 0 Å². The molecule has 1 aliphatic heterocycles. The van der Waals surface area contributed by atoms with Crippen molar-refractivity contribution in [2.45, 2.75) is 32.7 Å². The molecule has 0 aliphatic carbocycles. The Morgan fingerprint density at radius 3 is 2.67 bits per heavy atom. The molecule has 1 aromatic heterocycles. The predicted octanol–water partition coefficient (Wildman–Crippen LogP) is 2.26. The zero-order chi connectivity index (χ0) is 17.1. The van der Waals surface area contributed by atoms with Gasteiger partial charge in [-0.05, 0) is 25.5 Å². The van der Waals surface area contributed by atoms with E-state index in [-0.39, 0.29) is 18.1 Å². The summed E-state index contributed by atoms with van der Waals surface area (Å²) in [5, 5.41) is 17.9. The monoisotopic (exact) mass is 343 g/mol. The Kier molecular flexibility index (Phi) is 4.66. The molecule has 7 nitrogen and oxygen atoms in total. The Labute approximate surface area is 143 Å². The van der Waals surface area contributed by atoms with Crippen molar-refractivity contribution in [3.8, 4) is 0 Å². The van der Waals surface area contributed by atoms with Gasteiger partial charge in [0.25, 0.3) is 5.91 Å². The minimum absolute atomic E-state index is 0.0328. The molecule has 0 fully saturated rings. The van der Waals surface area contributed by atoms with Gasteiger partial charge in [0.05, 0.1) is 5.69 Å². The first-order valence-corrected chi connectivity index (χ1v) is 8.46. The second-order valence-corrected chi connectivity index (χ2v) is 6.43. The molecule has 1 aliphatic rings. The molecule has 8 heteroatoms. The second kappa shape index (κ2) is 6.88. The van der Waals surface area contributed by atoms with E-state index in [4.69, 9.17) is 0 Å². The second-order valence-electron chi connectivity index (χ2n) is 5.37. The Morgan fingerprint density at radius 2 is 2.04 bits per heavy atom. The van der Waals surface area contributed by atoms with Gasteiger partial charge in [-0.3, -0.25) is 19.9 Å². The third kappa shape index (κ3) is 3.33. The lowest BCUT2D eigenvalue weighted by molar-refractivity contribution is -0.118. The van der Waals surface area contributed by atoms with E-state index in [0.717, 1.165) is 17.1 Å². The number of hydrazone groups is 1. The van der Waals surface area contributed by atoms with Crippen LogP contribution in [0.3, 0.4) is 0 Å². The summed E-state index contributed by atoms with van der Waals surface area (Å²) in [6.07, 6.45) is 1.04. The highest BCUT2D eigenvalue weighted by Gasteiger charge is 2.34. The number of carbonyl (C=O) groups is 2. The minimum Gasteiger partial charge on any atom is -0.298 e. The lowest BCUT2D eigenvalue weighted by Gasteiger charge is -2.20. The van der Waals surface area contributed by atoms with E-state index in [1.165, 1.54) is 18.3 Å². The number of anilines is 2. The van der Waals surface area contributed by atoms with Gasteiger partial charge < -0.3 is 0 Å². The Balaban J connectivity index is 1.79. The molecule has 2 aromatic rings. The number of aryl methyl sites for hydroxylation is 1. The van der Waals surface area contributed by atoms with Crippen molar-refractivity contribution in [2.24, 2.45) is 5.10 Å². The normalized spacial score (nSPS) is 16.8. The number of para-hydroxylation sites is 1. The molecule has 1 N–H and O–H groups in total. The number of aromatic nitrogens is 2. The summed E-state index contributed by atoms with van der Waals surface area (Å²) >= 11 is 1.33. The highest BCUT2D eigenvalue weighted by Crippen LogP contribution is 2.25. The number of amides is 1. The fourth-order valence-electron chi connectivity index (χ4n) is 2.40. The van der Waals surface area contributed by atoms with Gasteiger partial charge in [-0.25, -0.2) is 0 Å². The molecule has 0 spiro atoms. The first kappa shape index (κ1) is 16.3. The van der Waals surface area contributed by atoms with E-state index in [0.29, 0.717) is 10.8 Å². The predicted molar refractivity (Wildman–Crippen MR) is 93.4 cm³/mol. The zero-order valence-corrected chi connectivity index (χ0v) is 14.2. The number of nitrogens with one attached hydrogen (secondary N) is 1. The Morgan fingerprint density at radius 1 is 1.29 bits per heavy atom. The van der Waals surface area contributed by atoms with Crippen molar-refractivity contribution in [2.75, 3.05) is 10.3 Å². The average molecular weight is 343 g/mol. The third-order valence-electron chi connectivity index (χ3n) is 3.65. The molecule has 1 atom stereocenters. The highest BCUT2D eigenvalue weighted by molar-refractivity contribution is 7.15. The standard InChI is InChI=1S/C16H17N5O2S/c1-3-14-18-19-16(24-14)17-15(23)12-9-13(10(2)22)21(20-12)11-7-5-4-6-8-11/h4-8,13H,3,9H2,1-2H3,(H,17,19,23). The fourth-order valence-corrected chi connectivity index (χ4v) is 3.07. The van der Waals surface area contributed by atoms with Gasteiger partial charge in [-0.2, -0.15) is 5.10 Å². The van der Waals surface area contributed by atoms with Gasteiger partial charge in [0.2, 0.25) is 5.13 Å². The number of hydrogen-bond acceptors (Lipinski definition) is 7. The van der Waals surface area contributed by atoms with Crippen LogP contribution in [0.4, 0.5) is 10.8 Å². The maximum atomic E-state index is 12.4. The molecule has 3 rings (SSSR count). The van der Waals surface area contributed by atoms with Gasteiger partial charge in [-0.15, -0.1) is 10.2 Å². The van der Waals surface area contributed by atoms with E-state index < -0.39 is 6.04 Å². The Hall–Kier alpha value is -2.61. The van der Waals surface area contributed by atoms with Gasteiger partial charge in [-0.1, -0.05) is 36.5 Å². The maximum absolute atomic E-state index is 12.4. The molecule has 124 valence electrons. The summed E-state index contributed by atoms with van der Waals surface area (Å²) in [7, 11) is 0. The van der Waals surface area contributed by atoms with Crippen LogP contribution in [-0.4, -0.2) is 33.6 Å². The first-order chi connectivity index (χ1) is 11.6. The molecule has 1 unspecified atom stereocenters. The van der Waals surface area contributed by atoms with E-state index in [9.17, 15) is 9.59 Å². The topological polar surface area (TPSA) is 87.6 Å². The number of Topliss-reactive ketones (excluding diaryl/α,β-unsaturated/α-hetero) is 1. The molecule has 0 saturated heterocycles. The highest BCUT2D eigenvalue weighted by atomic mass is 32.1. The smallest absolute Gasteiger partial charge is 0.273 e. The summed E-state index contributed by atoms with van der Waals surface area (Å²) in [4.78, 5) is 24.3. The van der Waals surface area contributed by atoms with Crippen LogP contribution >= 0.6 is 11.3 Å². The van der Waals surface area contributed by atoms with E-state index in [2.05, 4.69) is 20.6 Å². The van der Waals surface area contributed by atoms with Gasteiger partial charge in [0, 0.05) is 6.42 Å². The lowest BCUT2D eigenvalue weighted by Crippen LogP contribution is -2.33. The average Bonchev–Trinajstić information content (AvgIpc) is 3.22. The number of benzene rings is 1. The Bertz CT molecular complexity index is 787. The largest absolute Gasteiger partial charge is 0.298 e.